The first-order valence-electron chi connectivity index (χ1n) is 4.94. The van der Waals surface area contributed by atoms with Crippen LogP contribution in [0.3, 0.4) is 0 Å². The van der Waals surface area contributed by atoms with E-state index in [0.717, 1.165) is 11.3 Å². The summed E-state index contributed by atoms with van der Waals surface area (Å²) in [6.45, 7) is 0.653. The molecule has 0 amide bonds. The fraction of sp³-hybridized carbons (Fsp3) is 0.0833. The molecule has 2 aromatic rings. The fourth-order valence-corrected chi connectivity index (χ4v) is 1.97. The molecule has 2 nitrogen and oxygen atoms in total. The summed E-state index contributed by atoms with van der Waals surface area (Å²) in [5.41, 5.74) is 1.88. The molecule has 0 aliphatic carbocycles. The zero-order valence-electron chi connectivity index (χ0n) is 8.75. The van der Waals surface area contributed by atoms with Crippen molar-refractivity contribution in [1.29, 1.82) is 0 Å². The van der Waals surface area contributed by atoms with Crippen LogP contribution in [0.1, 0.15) is 5.56 Å². The van der Waals surface area contributed by atoms with Crippen LogP contribution in [0.4, 0.5) is 5.69 Å². The van der Waals surface area contributed by atoms with E-state index in [2.05, 4.69) is 10.3 Å². The lowest BCUT2D eigenvalue weighted by Crippen LogP contribution is -2.00. The van der Waals surface area contributed by atoms with Crippen LogP contribution in [0.2, 0.25) is 15.1 Å². The van der Waals surface area contributed by atoms with Gasteiger partial charge in [-0.1, -0.05) is 34.8 Å². The third-order valence-electron chi connectivity index (χ3n) is 2.24. The maximum absolute atomic E-state index is 6.05. The number of anilines is 1. The molecule has 0 unspecified atom stereocenters. The molecule has 1 N–H and O–H groups in total. The summed E-state index contributed by atoms with van der Waals surface area (Å²) in [5, 5.41) is 4.67. The lowest BCUT2D eigenvalue weighted by atomic mass is 10.2. The van der Waals surface area contributed by atoms with Gasteiger partial charge in [0.1, 0.15) is 0 Å². The molecule has 1 heterocycles. The Labute approximate surface area is 115 Å². The molecule has 0 fully saturated rings. The molecule has 0 atom stereocenters. The average Bonchev–Trinajstić information content (AvgIpc) is 2.33. The summed E-state index contributed by atoms with van der Waals surface area (Å²) in [4.78, 5) is 3.95. The number of nitrogens with zero attached hydrogens (tertiary/aromatic N) is 1. The highest BCUT2D eigenvalue weighted by Gasteiger charge is 2.05. The summed E-state index contributed by atoms with van der Waals surface area (Å²) >= 11 is 17.8. The van der Waals surface area contributed by atoms with Gasteiger partial charge in [-0.25, -0.2) is 0 Å². The number of benzene rings is 1. The van der Waals surface area contributed by atoms with Crippen molar-refractivity contribution < 1.29 is 0 Å². The monoisotopic (exact) mass is 286 g/mol. The Morgan fingerprint density at radius 1 is 0.941 bits per heavy atom. The summed E-state index contributed by atoms with van der Waals surface area (Å²) in [5.74, 6) is 0. The van der Waals surface area contributed by atoms with Crippen molar-refractivity contribution in [3.8, 4) is 0 Å². The first-order chi connectivity index (χ1) is 8.16. The van der Waals surface area contributed by atoms with E-state index in [-0.39, 0.29) is 0 Å². The third kappa shape index (κ3) is 3.25. The normalized spacial score (nSPS) is 10.3. The summed E-state index contributed by atoms with van der Waals surface area (Å²) in [7, 11) is 0. The van der Waals surface area contributed by atoms with Gasteiger partial charge < -0.3 is 5.32 Å². The molecule has 0 radical (unpaired) electrons. The van der Waals surface area contributed by atoms with Gasteiger partial charge in [0.2, 0.25) is 0 Å². The minimum Gasteiger partial charge on any atom is -0.380 e. The summed E-state index contributed by atoms with van der Waals surface area (Å²) in [6, 6.07) is 7.20. The molecular weight excluding hydrogens is 279 g/mol. The topological polar surface area (TPSA) is 24.9 Å². The van der Waals surface area contributed by atoms with E-state index in [0.29, 0.717) is 21.6 Å². The van der Waals surface area contributed by atoms with Crippen LogP contribution >= 0.6 is 34.8 Å². The molecule has 5 heteroatoms. The third-order valence-corrected chi connectivity index (χ3v) is 3.28. The van der Waals surface area contributed by atoms with Crippen LogP contribution in [0, 0.1) is 0 Å². The fourth-order valence-electron chi connectivity index (χ4n) is 1.36. The molecule has 0 aliphatic heterocycles. The van der Waals surface area contributed by atoms with Crippen molar-refractivity contribution in [3.05, 3.63) is 57.3 Å². The first-order valence-corrected chi connectivity index (χ1v) is 6.07. The van der Waals surface area contributed by atoms with Crippen molar-refractivity contribution in [1.82, 2.24) is 4.98 Å². The Balaban J connectivity index is 2.12. The predicted octanol–water partition coefficient (Wildman–Crippen LogP) is 4.65. The van der Waals surface area contributed by atoms with Gasteiger partial charge in [0.25, 0.3) is 0 Å². The highest BCUT2D eigenvalue weighted by molar-refractivity contribution is 6.44. The van der Waals surface area contributed by atoms with Crippen LogP contribution in [-0.4, -0.2) is 4.98 Å². The summed E-state index contributed by atoms with van der Waals surface area (Å²) < 4.78 is 0. The number of halogens is 3. The average molecular weight is 288 g/mol. The largest absolute Gasteiger partial charge is 0.380 e. The van der Waals surface area contributed by atoms with Gasteiger partial charge >= 0.3 is 0 Å². The van der Waals surface area contributed by atoms with Gasteiger partial charge in [-0.05, 0) is 29.8 Å². The van der Waals surface area contributed by atoms with E-state index in [4.69, 9.17) is 34.8 Å². The predicted molar refractivity (Wildman–Crippen MR) is 73.0 cm³/mol. The Kier molecular flexibility index (Phi) is 4.11. The molecule has 0 spiro atoms. The van der Waals surface area contributed by atoms with E-state index < -0.39 is 0 Å². The second kappa shape index (κ2) is 5.58. The molecule has 0 saturated heterocycles. The maximum atomic E-state index is 6.05. The van der Waals surface area contributed by atoms with Crippen LogP contribution in [0.15, 0.2) is 36.7 Å². The van der Waals surface area contributed by atoms with Crippen LogP contribution in [0.5, 0.6) is 0 Å². The first kappa shape index (κ1) is 12.5. The zero-order valence-corrected chi connectivity index (χ0v) is 11.0. The number of nitrogens with one attached hydrogen (secondary N) is 1. The van der Waals surface area contributed by atoms with Crippen LogP contribution in [-0.2, 0) is 6.54 Å². The standard InChI is InChI=1S/C12H9Cl3N2/c13-9-5-11(15)12(6-10(9)14)17-7-8-1-3-16-4-2-8/h1-6,17H,7H2. The quantitative estimate of drug-likeness (QED) is 0.831. The molecule has 1 aromatic heterocycles. The lowest BCUT2D eigenvalue weighted by Gasteiger charge is -2.09. The Morgan fingerprint density at radius 2 is 1.59 bits per heavy atom. The molecule has 0 saturated carbocycles. The van der Waals surface area contributed by atoms with Gasteiger partial charge in [0.05, 0.1) is 20.8 Å². The van der Waals surface area contributed by atoms with Gasteiger partial charge in [-0.2, -0.15) is 0 Å². The van der Waals surface area contributed by atoms with E-state index in [9.17, 15) is 0 Å². The molecule has 2 rings (SSSR count). The van der Waals surface area contributed by atoms with E-state index in [1.54, 1.807) is 24.5 Å². The second-order valence-corrected chi connectivity index (χ2v) is 4.68. The van der Waals surface area contributed by atoms with Crippen molar-refractivity contribution in [2.24, 2.45) is 0 Å². The lowest BCUT2D eigenvalue weighted by molar-refractivity contribution is 1.13. The molecule has 0 bridgehead atoms. The molecule has 17 heavy (non-hydrogen) atoms. The minimum atomic E-state index is 0.450. The highest BCUT2D eigenvalue weighted by atomic mass is 35.5. The maximum Gasteiger partial charge on any atom is 0.0653 e. The number of rotatable bonds is 3. The number of hydrogen-bond donors (Lipinski definition) is 1. The van der Waals surface area contributed by atoms with Crippen LogP contribution in [0.25, 0.3) is 0 Å². The molecule has 0 aliphatic rings. The van der Waals surface area contributed by atoms with E-state index in [1.165, 1.54) is 0 Å². The van der Waals surface area contributed by atoms with E-state index in [1.807, 2.05) is 12.1 Å². The highest BCUT2D eigenvalue weighted by Crippen LogP contribution is 2.32. The van der Waals surface area contributed by atoms with Crippen molar-refractivity contribution in [2.75, 3.05) is 5.32 Å². The van der Waals surface area contributed by atoms with Gasteiger partial charge in [0, 0.05) is 18.9 Å². The van der Waals surface area contributed by atoms with Gasteiger partial charge in [0.15, 0.2) is 0 Å². The summed E-state index contributed by atoms with van der Waals surface area (Å²) in [6.07, 6.45) is 3.49. The van der Waals surface area contributed by atoms with E-state index >= 15 is 0 Å². The Bertz CT molecular complexity index is 515. The Hall–Kier alpha value is -0.960. The SMILES string of the molecule is Clc1cc(Cl)c(NCc2ccncc2)cc1Cl. The smallest absolute Gasteiger partial charge is 0.0653 e. The Morgan fingerprint density at radius 3 is 2.29 bits per heavy atom. The number of pyridine rings is 1. The number of hydrogen-bond acceptors (Lipinski definition) is 2. The van der Waals surface area contributed by atoms with Crippen molar-refractivity contribution in [3.63, 3.8) is 0 Å². The molecule has 88 valence electrons. The number of aromatic nitrogens is 1. The van der Waals surface area contributed by atoms with Crippen LogP contribution < -0.4 is 5.32 Å². The minimum absolute atomic E-state index is 0.450. The molecule has 1 aromatic carbocycles. The van der Waals surface area contributed by atoms with Crippen molar-refractivity contribution in [2.45, 2.75) is 6.54 Å². The van der Waals surface area contributed by atoms with Gasteiger partial charge in [-0.15, -0.1) is 0 Å². The van der Waals surface area contributed by atoms with Gasteiger partial charge in [-0.3, -0.25) is 4.98 Å². The second-order valence-electron chi connectivity index (χ2n) is 3.46. The van der Waals surface area contributed by atoms with Crippen molar-refractivity contribution >= 4 is 40.5 Å². The molecular formula is C12H9Cl3N2. The zero-order chi connectivity index (χ0) is 12.3.